The number of rotatable bonds is 3. The van der Waals surface area contributed by atoms with Crippen LogP contribution in [-0.2, 0) is 0 Å². The first-order valence-corrected chi connectivity index (χ1v) is 5.59. The molecular formula is C12H17FN2. The van der Waals surface area contributed by atoms with Crippen molar-refractivity contribution in [1.82, 2.24) is 0 Å². The summed E-state index contributed by atoms with van der Waals surface area (Å²) in [5.41, 5.74) is 2.05. The van der Waals surface area contributed by atoms with E-state index >= 15 is 0 Å². The topological polar surface area (TPSA) is 15.3 Å². The number of hydrogen-bond acceptors (Lipinski definition) is 2. The predicted molar refractivity (Wildman–Crippen MR) is 62.0 cm³/mol. The lowest BCUT2D eigenvalue weighted by molar-refractivity contribution is 0.627. The molecule has 0 bridgehead atoms. The maximum atomic E-state index is 13.2. The Labute approximate surface area is 90.1 Å². The summed E-state index contributed by atoms with van der Waals surface area (Å²) in [6.07, 6.45) is 2.42. The van der Waals surface area contributed by atoms with Crippen LogP contribution in [-0.4, -0.2) is 19.6 Å². The van der Waals surface area contributed by atoms with E-state index < -0.39 is 0 Å². The largest absolute Gasteiger partial charge is 0.384 e. The molecule has 1 N–H and O–H groups in total. The number of nitrogens with zero attached hydrogens (tertiary/aromatic N) is 1. The maximum Gasteiger partial charge on any atom is 0.125 e. The third-order valence-electron chi connectivity index (χ3n) is 2.77. The number of halogens is 1. The monoisotopic (exact) mass is 208 g/mol. The van der Waals surface area contributed by atoms with Crippen molar-refractivity contribution in [3.8, 4) is 0 Å². The van der Waals surface area contributed by atoms with Gasteiger partial charge in [-0.25, -0.2) is 4.39 Å². The van der Waals surface area contributed by atoms with Crippen LogP contribution in [0.15, 0.2) is 18.2 Å². The Balaban J connectivity index is 2.28. The molecule has 3 heteroatoms. The van der Waals surface area contributed by atoms with Gasteiger partial charge in [-0.3, -0.25) is 0 Å². The lowest BCUT2D eigenvalue weighted by Gasteiger charge is -2.21. The van der Waals surface area contributed by atoms with E-state index in [1.54, 1.807) is 6.07 Å². The Morgan fingerprint density at radius 1 is 1.33 bits per heavy atom. The summed E-state index contributed by atoms with van der Waals surface area (Å²) in [6, 6.07) is 4.97. The third-order valence-corrected chi connectivity index (χ3v) is 2.77. The average molecular weight is 208 g/mol. The highest BCUT2D eigenvalue weighted by Crippen LogP contribution is 2.29. The van der Waals surface area contributed by atoms with Crippen molar-refractivity contribution in [2.75, 3.05) is 29.9 Å². The first-order chi connectivity index (χ1) is 7.31. The van der Waals surface area contributed by atoms with Crippen molar-refractivity contribution >= 4 is 11.4 Å². The van der Waals surface area contributed by atoms with Gasteiger partial charge >= 0.3 is 0 Å². The normalized spacial score (nSPS) is 15.7. The van der Waals surface area contributed by atoms with Crippen molar-refractivity contribution in [1.29, 1.82) is 0 Å². The Kier molecular flexibility index (Phi) is 3.09. The van der Waals surface area contributed by atoms with Gasteiger partial charge in [0, 0.05) is 19.6 Å². The van der Waals surface area contributed by atoms with E-state index in [-0.39, 0.29) is 5.82 Å². The highest BCUT2D eigenvalue weighted by molar-refractivity contribution is 5.70. The van der Waals surface area contributed by atoms with Crippen LogP contribution in [0.5, 0.6) is 0 Å². The van der Waals surface area contributed by atoms with Gasteiger partial charge in [0.2, 0.25) is 0 Å². The summed E-state index contributed by atoms with van der Waals surface area (Å²) < 4.78 is 13.2. The van der Waals surface area contributed by atoms with Crippen molar-refractivity contribution in [2.45, 2.75) is 19.8 Å². The van der Waals surface area contributed by atoms with Crippen LogP contribution in [0.25, 0.3) is 0 Å². The molecule has 0 aliphatic carbocycles. The molecular weight excluding hydrogens is 191 g/mol. The minimum atomic E-state index is -0.154. The van der Waals surface area contributed by atoms with Crippen molar-refractivity contribution in [3.05, 3.63) is 24.0 Å². The molecule has 0 spiro atoms. The second-order valence-corrected chi connectivity index (χ2v) is 3.89. The molecule has 1 fully saturated rings. The van der Waals surface area contributed by atoms with E-state index in [9.17, 15) is 4.39 Å². The molecule has 0 saturated carbocycles. The van der Waals surface area contributed by atoms with E-state index in [1.165, 1.54) is 18.9 Å². The fraction of sp³-hybridized carbons (Fsp3) is 0.500. The number of hydrogen-bond donors (Lipinski definition) is 1. The van der Waals surface area contributed by atoms with Crippen LogP contribution < -0.4 is 10.2 Å². The summed E-state index contributed by atoms with van der Waals surface area (Å²) in [7, 11) is 0. The van der Waals surface area contributed by atoms with Gasteiger partial charge in [-0.05, 0) is 38.0 Å². The van der Waals surface area contributed by atoms with E-state index in [2.05, 4.69) is 17.1 Å². The standard InChI is InChI=1S/C12H17FN2/c1-2-14-11-6-5-10(13)9-12(11)15-7-3-4-8-15/h5-6,9,14H,2-4,7-8H2,1H3. The van der Waals surface area contributed by atoms with Crippen LogP contribution in [0.4, 0.5) is 15.8 Å². The molecule has 0 unspecified atom stereocenters. The highest BCUT2D eigenvalue weighted by Gasteiger charge is 2.15. The Bertz CT molecular complexity index is 332. The molecule has 0 atom stereocenters. The smallest absolute Gasteiger partial charge is 0.125 e. The molecule has 0 radical (unpaired) electrons. The lowest BCUT2D eigenvalue weighted by Crippen LogP contribution is -2.19. The van der Waals surface area contributed by atoms with Gasteiger partial charge in [0.1, 0.15) is 5.82 Å². The van der Waals surface area contributed by atoms with E-state index in [1.807, 2.05) is 6.07 Å². The van der Waals surface area contributed by atoms with Crippen LogP contribution in [0.1, 0.15) is 19.8 Å². The summed E-state index contributed by atoms with van der Waals surface area (Å²) in [4.78, 5) is 2.25. The van der Waals surface area contributed by atoms with Gasteiger partial charge in [-0.2, -0.15) is 0 Å². The van der Waals surface area contributed by atoms with Gasteiger partial charge in [0.25, 0.3) is 0 Å². The van der Waals surface area contributed by atoms with E-state index in [4.69, 9.17) is 0 Å². The zero-order valence-corrected chi connectivity index (χ0v) is 9.09. The molecule has 2 rings (SSSR count). The van der Waals surface area contributed by atoms with Gasteiger partial charge in [0.05, 0.1) is 11.4 Å². The Morgan fingerprint density at radius 2 is 2.07 bits per heavy atom. The summed E-state index contributed by atoms with van der Waals surface area (Å²) in [5, 5.41) is 3.27. The van der Waals surface area contributed by atoms with Crippen molar-refractivity contribution in [3.63, 3.8) is 0 Å². The molecule has 1 aromatic carbocycles. The third kappa shape index (κ3) is 2.22. The average Bonchev–Trinajstić information content (AvgIpc) is 2.74. The molecule has 1 aromatic rings. The molecule has 2 nitrogen and oxygen atoms in total. The molecule has 0 amide bonds. The summed E-state index contributed by atoms with van der Waals surface area (Å²) >= 11 is 0. The van der Waals surface area contributed by atoms with Crippen molar-refractivity contribution in [2.24, 2.45) is 0 Å². The molecule has 1 aliphatic rings. The number of anilines is 2. The predicted octanol–water partition coefficient (Wildman–Crippen LogP) is 2.86. The van der Waals surface area contributed by atoms with Crippen LogP contribution in [0.2, 0.25) is 0 Å². The minimum absolute atomic E-state index is 0.154. The maximum absolute atomic E-state index is 13.2. The molecule has 15 heavy (non-hydrogen) atoms. The number of nitrogens with one attached hydrogen (secondary N) is 1. The van der Waals surface area contributed by atoms with E-state index in [0.717, 1.165) is 31.0 Å². The molecule has 1 saturated heterocycles. The van der Waals surface area contributed by atoms with E-state index in [0.29, 0.717) is 0 Å². The first-order valence-electron chi connectivity index (χ1n) is 5.59. The number of benzene rings is 1. The Morgan fingerprint density at radius 3 is 2.73 bits per heavy atom. The van der Waals surface area contributed by atoms with Crippen LogP contribution in [0.3, 0.4) is 0 Å². The van der Waals surface area contributed by atoms with Gasteiger partial charge in [0.15, 0.2) is 0 Å². The molecule has 82 valence electrons. The van der Waals surface area contributed by atoms with Gasteiger partial charge in [-0.1, -0.05) is 0 Å². The summed E-state index contributed by atoms with van der Waals surface area (Å²) in [6.45, 7) is 5.01. The van der Waals surface area contributed by atoms with Gasteiger partial charge in [-0.15, -0.1) is 0 Å². The molecule has 1 heterocycles. The molecule has 1 aliphatic heterocycles. The zero-order valence-electron chi connectivity index (χ0n) is 9.09. The van der Waals surface area contributed by atoms with Crippen molar-refractivity contribution < 1.29 is 4.39 Å². The minimum Gasteiger partial charge on any atom is -0.384 e. The zero-order chi connectivity index (χ0) is 10.7. The second-order valence-electron chi connectivity index (χ2n) is 3.89. The first kappa shape index (κ1) is 10.3. The fourth-order valence-electron chi connectivity index (χ4n) is 2.06. The quantitative estimate of drug-likeness (QED) is 0.821. The fourth-order valence-corrected chi connectivity index (χ4v) is 2.06. The second kappa shape index (κ2) is 4.51. The van der Waals surface area contributed by atoms with Crippen LogP contribution in [0, 0.1) is 5.82 Å². The SMILES string of the molecule is CCNc1ccc(F)cc1N1CCCC1. The summed E-state index contributed by atoms with van der Waals surface area (Å²) in [5.74, 6) is -0.154. The molecule has 0 aromatic heterocycles. The Hall–Kier alpha value is -1.25. The van der Waals surface area contributed by atoms with Gasteiger partial charge < -0.3 is 10.2 Å². The lowest BCUT2D eigenvalue weighted by atomic mass is 10.2. The van der Waals surface area contributed by atoms with Crippen LogP contribution >= 0.6 is 0 Å². The highest BCUT2D eigenvalue weighted by atomic mass is 19.1.